The second-order valence-electron chi connectivity index (χ2n) is 5.32. The van der Waals surface area contributed by atoms with Gasteiger partial charge >= 0.3 is 0 Å². The summed E-state index contributed by atoms with van der Waals surface area (Å²) in [4.78, 5) is 14.3. The summed E-state index contributed by atoms with van der Waals surface area (Å²) in [6.07, 6.45) is 1.16. The molecule has 1 amide bonds. The van der Waals surface area contributed by atoms with Crippen molar-refractivity contribution in [2.24, 2.45) is 0 Å². The number of benzene rings is 1. The molecule has 0 saturated carbocycles. The number of amides is 1. The van der Waals surface area contributed by atoms with Crippen LogP contribution in [-0.2, 0) is 11.2 Å². The molecule has 0 aromatic heterocycles. The fourth-order valence-corrected chi connectivity index (χ4v) is 2.67. The van der Waals surface area contributed by atoms with E-state index in [1.165, 1.54) is 0 Å². The minimum absolute atomic E-state index is 0.203. The van der Waals surface area contributed by atoms with E-state index >= 15 is 0 Å². The number of nitrogens with zero attached hydrogens (tertiary/aromatic N) is 1. The van der Waals surface area contributed by atoms with Crippen molar-refractivity contribution in [3.05, 3.63) is 23.8 Å². The van der Waals surface area contributed by atoms with Crippen LogP contribution in [0.25, 0.3) is 0 Å². The van der Waals surface area contributed by atoms with Crippen LogP contribution < -0.4 is 14.8 Å². The first-order valence-electron chi connectivity index (χ1n) is 7.36. The number of hydrogen-bond acceptors (Lipinski definition) is 4. The summed E-state index contributed by atoms with van der Waals surface area (Å²) >= 11 is 0. The van der Waals surface area contributed by atoms with Gasteiger partial charge in [0.25, 0.3) is 0 Å². The van der Waals surface area contributed by atoms with Crippen molar-refractivity contribution < 1.29 is 14.3 Å². The van der Waals surface area contributed by atoms with Crippen molar-refractivity contribution in [2.75, 3.05) is 33.9 Å². The Morgan fingerprint density at radius 3 is 2.86 bits per heavy atom. The van der Waals surface area contributed by atoms with Crippen molar-refractivity contribution in [2.45, 2.75) is 25.8 Å². The molecule has 1 fully saturated rings. The van der Waals surface area contributed by atoms with E-state index in [-0.39, 0.29) is 11.9 Å². The van der Waals surface area contributed by atoms with Gasteiger partial charge in [-0.1, -0.05) is 0 Å². The summed E-state index contributed by atoms with van der Waals surface area (Å²) in [5.41, 5.74) is 1.01. The van der Waals surface area contributed by atoms with E-state index in [2.05, 4.69) is 12.2 Å². The highest BCUT2D eigenvalue weighted by Gasteiger charge is 2.22. The molecule has 1 atom stereocenters. The fourth-order valence-electron chi connectivity index (χ4n) is 2.67. The number of rotatable bonds is 5. The van der Waals surface area contributed by atoms with E-state index in [0.29, 0.717) is 12.8 Å². The average molecular weight is 292 g/mol. The number of carbonyl (C=O) groups excluding carboxylic acids is 1. The maximum atomic E-state index is 12.4. The Hall–Kier alpha value is -1.75. The van der Waals surface area contributed by atoms with Gasteiger partial charge in [-0.25, -0.2) is 0 Å². The van der Waals surface area contributed by atoms with Crippen LogP contribution in [0.5, 0.6) is 11.5 Å². The molecular formula is C16H24N2O3. The van der Waals surface area contributed by atoms with Gasteiger partial charge in [-0.05, 0) is 37.1 Å². The summed E-state index contributed by atoms with van der Waals surface area (Å²) in [5, 5.41) is 3.30. The van der Waals surface area contributed by atoms with Gasteiger partial charge in [0, 0.05) is 32.1 Å². The molecule has 116 valence electrons. The van der Waals surface area contributed by atoms with E-state index in [4.69, 9.17) is 9.47 Å². The van der Waals surface area contributed by atoms with Crippen molar-refractivity contribution in [3.63, 3.8) is 0 Å². The molecule has 1 aliphatic heterocycles. The lowest BCUT2D eigenvalue weighted by atomic mass is 10.1. The Balaban J connectivity index is 2.00. The molecule has 0 radical (unpaired) electrons. The third kappa shape index (κ3) is 3.88. The van der Waals surface area contributed by atoms with E-state index in [1.807, 2.05) is 23.1 Å². The van der Waals surface area contributed by atoms with Crippen LogP contribution in [0.2, 0.25) is 0 Å². The van der Waals surface area contributed by atoms with Gasteiger partial charge in [-0.3, -0.25) is 4.79 Å². The summed E-state index contributed by atoms with van der Waals surface area (Å²) < 4.78 is 10.6. The summed E-state index contributed by atoms with van der Waals surface area (Å²) in [7, 11) is 3.28. The van der Waals surface area contributed by atoms with Gasteiger partial charge in [-0.15, -0.1) is 0 Å². The lowest BCUT2D eigenvalue weighted by molar-refractivity contribution is -0.133. The Morgan fingerprint density at radius 2 is 2.19 bits per heavy atom. The van der Waals surface area contributed by atoms with Gasteiger partial charge in [-0.2, -0.15) is 0 Å². The standard InChI is InChI=1S/C16H24N2O3/c1-12-11-17-8-9-18(12)16(19)7-4-13-10-14(20-2)5-6-15(13)21-3/h5-6,10,12,17H,4,7-9,11H2,1-3H3. The molecule has 1 aliphatic rings. The van der Waals surface area contributed by atoms with Gasteiger partial charge in [0.15, 0.2) is 0 Å². The number of aryl methyl sites for hydroxylation is 1. The normalized spacial score (nSPS) is 18.4. The Kier molecular flexibility index (Phi) is 5.44. The van der Waals surface area contributed by atoms with Gasteiger partial charge in [0.2, 0.25) is 5.91 Å². The van der Waals surface area contributed by atoms with Crippen molar-refractivity contribution in [1.82, 2.24) is 10.2 Å². The van der Waals surface area contributed by atoms with E-state index in [0.717, 1.165) is 36.7 Å². The molecule has 1 N–H and O–H groups in total. The van der Waals surface area contributed by atoms with Crippen LogP contribution in [0.15, 0.2) is 18.2 Å². The molecule has 0 spiro atoms. The SMILES string of the molecule is COc1ccc(OC)c(CCC(=O)N2CCNCC2C)c1. The summed E-state index contributed by atoms with van der Waals surface area (Å²) in [5.74, 6) is 1.79. The van der Waals surface area contributed by atoms with Crippen LogP contribution >= 0.6 is 0 Å². The van der Waals surface area contributed by atoms with E-state index in [9.17, 15) is 4.79 Å². The van der Waals surface area contributed by atoms with Crippen LogP contribution in [0, 0.1) is 0 Å². The number of hydrogen-bond donors (Lipinski definition) is 1. The van der Waals surface area contributed by atoms with Crippen LogP contribution in [0.1, 0.15) is 18.9 Å². The molecular weight excluding hydrogens is 268 g/mol. The fraction of sp³-hybridized carbons (Fsp3) is 0.562. The molecule has 0 aliphatic carbocycles. The average Bonchev–Trinajstić information content (AvgIpc) is 2.52. The van der Waals surface area contributed by atoms with Gasteiger partial charge < -0.3 is 19.7 Å². The van der Waals surface area contributed by atoms with Gasteiger partial charge in [0.05, 0.1) is 14.2 Å². The lowest BCUT2D eigenvalue weighted by Gasteiger charge is -2.34. The maximum Gasteiger partial charge on any atom is 0.223 e. The molecule has 1 unspecified atom stereocenters. The topological polar surface area (TPSA) is 50.8 Å². The molecule has 5 nitrogen and oxygen atoms in total. The second-order valence-corrected chi connectivity index (χ2v) is 5.32. The van der Waals surface area contributed by atoms with Crippen LogP contribution in [-0.4, -0.2) is 50.7 Å². The summed E-state index contributed by atoms with van der Waals surface area (Å²) in [6, 6.07) is 5.94. The first kappa shape index (κ1) is 15.6. The summed E-state index contributed by atoms with van der Waals surface area (Å²) in [6.45, 7) is 4.61. The number of nitrogens with one attached hydrogen (secondary N) is 1. The van der Waals surface area contributed by atoms with Crippen molar-refractivity contribution in [3.8, 4) is 11.5 Å². The highest BCUT2D eigenvalue weighted by atomic mass is 16.5. The molecule has 1 heterocycles. The number of ether oxygens (including phenoxy) is 2. The molecule has 1 saturated heterocycles. The number of methoxy groups -OCH3 is 2. The van der Waals surface area contributed by atoms with E-state index < -0.39 is 0 Å². The minimum atomic E-state index is 0.203. The quantitative estimate of drug-likeness (QED) is 0.892. The third-order valence-electron chi connectivity index (χ3n) is 3.92. The monoisotopic (exact) mass is 292 g/mol. The molecule has 1 aromatic rings. The predicted molar refractivity (Wildman–Crippen MR) is 81.9 cm³/mol. The Morgan fingerprint density at radius 1 is 1.38 bits per heavy atom. The van der Waals surface area contributed by atoms with Crippen LogP contribution in [0.3, 0.4) is 0 Å². The molecule has 0 bridgehead atoms. The minimum Gasteiger partial charge on any atom is -0.497 e. The number of piperazine rings is 1. The largest absolute Gasteiger partial charge is 0.497 e. The zero-order valence-electron chi connectivity index (χ0n) is 13.0. The van der Waals surface area contributed by atoms with E-state index in [1.54, 1.807) is 14.2 Å². The first-order chi connectivity index (χ1) is 10.2. The molecule has 21 heavy (non-hydrogen) atoms. The predicted octanol–water partition coefficient (Wildman–Crippen LogP) is 1.46. The smallest absolute Gasteiger partial charge is 0.223 e. The lowest BCUT2D eigenvalue weighted by Crippen LogP contribution is -2.52. The van der Waals surface area contributed by atoms with Crippen LogP contribution in [0.4, 0.5) is 0 Å². The Labute approximate surface area is 126 Å². The molecule has 2 rings (SSSR count). The zero-order chi connectivity index (χ0) is 15.2. The molecule has 1 aromatic carbocycles. The van der Waals surface area contributed by atoms with Gasteiger partial charge in [0.1, 0.15) is 11.5 Å². The second kappa shape index (κ2) is 7.31. The first-order valence-corrected chi connectivity index (χ1v) is 7.36. The highest BCUT2D eigenvalue weighted by Crippen LogP contribution is 2.25. The van der Waals surface area contributed by atoms with Crippen molar-refractivity contribution in [1.29, 1.82) is 0 Å². The maximum absolute atomic E-state index is 12.4. The number of carbonyl (C=O) groups is 1. The third-order valence-corrected chi connectivity index (χ3v) is 3.92. The zero-order valence-corrected chi connectivity index (χ0v) is 13.0. The molecule has 5 heteroatoms. The highest BCUT2D eigenvalue weighted by molar-refractivity contribution is 5.77. The van der Waals surface area contributed by atoms with Crippen molar-refractivity contribution >= 4 is 5.91 Å². The Bertz CT molecular complexity index is 490.